The lowest BCUT2D eigenvalue weighted by molar-refractivity contribution is 0.668. The van der Waals surface area contributed by atoms with Gasteiger partial charge in [0.1, 0.15) is 0 Å². The summed E-state index contributed by atoms with van der Waals surface area (Å²) in [4.78, 5) is 0. The van der Waals surface area contributed by atoms with Crippen LogP contribution in [0.1, 0.15) is 18.4 Å². The maximum atomic E-state index is 6.24. The lowest BCUT2D eigenvalue weighted by Crippen LogP contribution is -2.24. The first-order valence-electron chi connectivity index (χ1n) is 6.82. The Bertz CT molecular complexity index is 666. The van der Waals surface area contributed by atoms with Crippen LogP contribution in [0.15, 0.2) is 54.6 Å². The summed E-state index contributed by atoms with van der Waals surface area (Å²) in [5.74, 6) is 5.90. The van der Waals surface area contributed by atoms with Crippen molar-refractivity contribution in [2.24, 2.45) is 11.5 Å². The van der Waals surface area contributed by atoms with Crippen LogP contribution in [0.4, 0.5) is 0 Å². The van der Waals surface area contributed by atoms with E-state index in [1.165, 1.54) is 16.3 Å². The molecule has 0 aromatic heterocycles. The van der Waals surface area contributed by atoms with Crippen molar-refractivity contribution in [1.82, 2.24) is 0 Å². The van der Waals surface area contributed by atoms with E-state index in [4.69, 9.17) is 11.5 Å². The summed E-state index contributed by atoms with van der Waals surface area (Å²) >= 11 is 0. The molecule has 2 atom stereocenters. The lowest BCUT2D eigenvalue weighted by Gasteiger charge is -2.19. The average molecular weight is 337 g/mol. The molecule has 4 heteroatoms. The fourth-order valence-electron chi connectivity index (χ4n) is 2.30. The summed E-state index contributed by atoms with van der Waals surface area (Å²) in [6.45, 7) is 2.52. The number of hydrogen-bond donors (Lipinski definition) is 2. The van der Waals surface area contributed by atoms with Crippen molar-refractivity contribution in [3.63, 3.8) is 0 Å². The van der Waals surface area contributed by atoms with Crippen LogP contribution in [0.25, 0.3) is 10.8 Å². The monoisotopic (exact) mass is 336 g/mol. The smallest absolute Gasteiger partial charge is 0.0554 e. The summed E-state index contributed by atoms with van der Waals surface area (Å²) in [5, 5.41) is 2.51. The molecule has 0 aliphatic rings. The van der Waals surface area contributed by atoms with Gasteiger partial charge in [-0.2, -0.15) is 0 Å². The van der Waals surface area contributed by atoms with Gasteiger partial charge in [0.25, 0.3) is 0 Å². The Labute approximate surface area is 144 Å². The van der Waals surface area contributed by atoms with Crippen LogP contribution in [0.3, 0.4) is 0 Å². The summed E-state index contributed by atoms with van der Waals surface area (Å²) < 4.78 is 0. The predicted octanol–water partition coefficient (Wildman–Crippen LogP) is 3.63. The first-order chi connectivity index (χ1) is 9.74. The number of nitrogens with two attached hydrogens (primary N) is 2. The molecule has 118 valence electrons. The van der Waals surface area contributed by atoms with Gasteiger partial charge >= 0.3 is 0 Å². The third-order valence-corrected chi connectivity index (χ3v) is 3.50. The van der Waals surface area contributed by atoms with E-state index in [9.17, 15) is 0 Å². The van der Waals surface area contributed by atoms with E-state index in [0.29, 0.717) is 6.54 Å². The second-order valence-electron chi connectivity index (χ2n) is 4.82. The van der Waals surface area contributed by atoms with Crippen molar-refractivity contribution in [2.45, 2.75) is 18.9 Å². The maximum Gasteiger partial charge on any atom is 0.0554 e. The molecular weight excluding hydrogens is 315 g/mol. The minimum atomic E-state index is -0.0621. The van der Waals surface area contributed by atoms with Gasteiger partial charge in [-0.15, -0.1) is 24.8 Å². The van der Waals surface area contributed by atoms with Crippen LogP contribution in [0, 0.1) is 11.8 Å². The second kappa shape index (κ2) is 10.3. The van der Waals surface area contributed by atoms with Gasteiger partial charge < -0.3 is 11.5 Å². The van der Waals surface area contributed by atoms with Crippen LogP contribution in [0.5, 0.6) is 0 Å². The number of benzene rings is 2. The van der Waals surface area contributed by atoms with E-state index >= 15 is 0 Å². The van der Waals surface area contributed by atoms with Crippen LogP contribution in [-0.2, 0) is 0 Å². The number of halogens is 2. The van der Waals surface area contributed by atoms with Gasteiger partial charge in [0, 0.05) is 12.0 Å². The largest absolute Gasteiger partial charge is 0.324 e. The Morgan fingerprint density at radius 1 is 1.09 bits per heavy atom. The molecule has 0 bridgehead atoms. The topological polar surface area (TPSA) is 52.0 Å². The Balaban J connectivity index is 0.00000220. The number of allylic oxidation sites excluding steroid dienone is 1. The van der Waals surface area contributed by atoms with Gasteiger partial charge in [-0.3, -0.25) is 0 Å². The molecule has 0 saturated heterocycles. The number of fused-ring (bicyclic) bond motifs is 1. The molecule has 2 aromatic rings. The normalized spacial score (nSPS) is 12.7. The predicted molar refractivity (Wildman–Crippen MR) is 101 cm³/mol. The summed E-state index contributed by atoms with van der Waals surface area (Å²) in [7, 11) is 0. The first kappa shape index (κ1) is 20.5. The van der Waals surface area contributed by atoms with Crippen LogP contribution < -0.4 is 11.5 Å². The highest BCUT2D eigenvalue weighted by Gasteiger charge is 2.14. The first-order valence-corrected chi connectivity index (χ1v) is 6.82. The van der Waals surface area contributed by atoms with E-state index in [1.54, 1.807) is 6.08 Å². The molecule has 0 heterocycles. The van der Waals surface area contributed by atoms with Crippen molar-refractivity contribution in [3.05, 3.63) is 60.2 Å². The van der Waals surface area contributed by atoms with Crippen molar-refractivity contribution in [1.29, 1.82) is 0 Å². The number of rotatable bonds is 3. The second-order valence-corrected chi connectivity index (χ2v) is 4.82. The highest BCUT2D eigenvalue weighted by Crippen LogP contribution is 2.27. The van der Waals surface area contributed by atoms with E-state index in [2.05, 4.69) is 61.2 Å². The minimum Gasteiger partial charge on any atom is -0.324 e. The molecule has 0 amide bonds. The Hall–Kier alpha value is -1.50. The molecule has 0 fully saturated rings. The molecule has 22 heavy (non-hydrogen) atoms. The zero-order valence-corrected chi connectivity index (χ0v) is 14.2. The SMILES string of the molecule is CC(c1cccc2ccccc12)C(N)/C=C/C#CCN.Cl.Cl. The van der Waals surface area contributed by atoms with E-state index in [1.807, 2.05) is 6.08 Å². The van der Waals surface area contributed by atoms with E-state index < -0.39 is 0 Å². The summed E-state index contributed by atoms with van der Waals surface area (Å²) in [5.41, 5.74) is 12.8. The molecule has 0 saturated carbocycles. The average Bonchev–Trinajstić information content (AvgIpc) is 2.50. The van der Waals surface area contributed by atoms with Gasteiger partial charge in [0.05, 0.1) is 6.54 Å². The fourth-order valence-corrected chi connectivity index (χ4v) is 2.30. The molecular formula is C18H22Cl2N2. The molecule has 0 aliphatic carbocycles. The van der Waals surface area contributed by atoms with Gasteiger partial charge in [0.15, 0.2) is 0 Å². The van der Waals surface area contributed by atoms with Crippen LogP contribution in [-0.4, -0.2) is 12.6 Å². The fraction of sp³-hybridized carbons (Fsp3) is 0.222. The Kier molecular flexibility index (Phi) is 9.56. The van der Waals surface area contributed by atoms with Gasteiger partial charge in [0.2, 0.25) is 0 Å². The van der Waals surface area contributed by atoms with Gasteiger partial charge in [-0.1, -0.05) is 67.3 Å². The van der Waals surface area contributed by atoms with Gasteiger partial charge in [-0.25, -0.2) is 0 Å². The van der Waals surface area contributed by atoms with Crippen molar-refractivity contribution in [3.8, 4) is 11.8 Å². The zero-order chi connectivity index (χ0) is 14.4. The molecule has 0 aliphatic heterocycles. The van der Waals surface area contributed by atoms with E-state index in [-0.39, 0.29) is 36.8 Å². The highest BCUT2D eigenvalue weighted by molar-refractivity contribution is 5.86. The summed E-state index contributed by atoms with van der Waals surface area (Å²) in [6.07, 6.45) is 3.73. The van der Waals surface area contributed by atoms with E-state index in [0.717, 1.165) is 0 Å². The van der Waals surface area contributed by atoms with Crippen LogP contribution >= 0.6 is 24.8 Å². The lowest BCUT2D eigenvalue weighted by atomic mass is 9.89. The molecule has 2 unspecified atom stereocenters. The van der Waals surface area contributed by atoms with Crippen molar-refractivity contribution < 1.29 is 0 Å². The van der Waals surface area contributed by atoms with Gasteiger partial charge in [-0.05, 0) is 22.4 Å². The Morgan fingerprint density at radius 3 is 2.50 bits per heavy atom. The third-order valence-electron chi connectivity index (χ3n) is 3.50. The Morgan fingerprint density at radius 2 is 1.77 bits per heavy atom. The summed E-state index contributed by atoms with van der Waals surface area (Å²) in [6, 6.07) is 14.7. The highest BCUT2D eigenvalue weighted by atomic mass is 35.5. The molecule has 2 aromatic carbocycles. The third kappa shape index (κ3) is 5.05. The van der Waals surface area contributed by atoms with Crippen LogP contribution in [0.2, 0.25) is 0 Å². The standard InChI is InChI=1S/C18H20N2.2ClH/c1-14(18(20)12-3-2-6-13-19)16-11-7-9-15-8-4-5-10-17(15)16;;/h3-5,7-12,14,18H,13,19-20H2,1H3;2*1H/b12-3+;;. The van der Waals surface area contributed by atoms with Crippen molar-refractivity contribution >= 4 is 35.6 Å². The maximum absolute atomic E-state index is 6.24. The number of hydrogen-bond acceptors (Lipinski definition) is 2. The quantitative estimate of drug-likeness (QED) is 0.841. The molecule has 4 N–H and O–H groups in total. The molecule has 0 radical (unpaired) electrons. The minimum absolute atomic E-state index is 0. The molecule has 2 rings (SSSR count). The zero-order valence-electron chi connectivity index (χ0n) is 12.5. The van der Waals surface area contributed by atoms with Crippen molar-refractivity contribution in [2.75, 3.05) is 6.54 Å². The molecule has 2 nitrogen and oxygen atoms in total. The molecule has 0 spiro atoms.